The summed E-state index contributed by atoms with van der Waals surface area (Å²) in [5.74, 6) is 2.16. The van der Waals surface area contributed by atoms with Crippen molar-refractivity contribution in [1.29, 1.82) is 0 Å². The highest BCUT2D eigenvalue weighted by Gasteiger charge is 2.12. The van der Waals surface area contributed by atoms with Crippen LogP contribution >= 0.6 is 0 Å². The van der Waals surface area contributed by atoms with Gasteiger partial charge in [0.15, 0.2) is 0 Å². The van der Waals surface area contributed by atoms with Crippen LogP contribution in [0.5, 0.6) is 0 Å². The third-order valence-corrected chi connectivity index (χ3v) is 8.66. The number of nitrogens with one attached hydrogen (secondary N) is 2. The van der Waals surface area contributed by atoms with E-state index < -0.39 is 0 Å². The van der Waals surface area contributed by atoms with E-state index in [2.05, 4.69) is 129 Å². The summed E-state index contributed by atoms with van der Waals surface area (Å²) in [4.78, 5) is 0. The second-order valence-corrected chi connectivity index (χ2v) is 12.6. The van der Waals surface area contributed by atoms with Gasteiger partial charge in [0.05, 0.1) is 0 Å². The van der Waals surface area contributed by atoms with Gasteiger partial charge in [-0.2, -0.15) is 0 Å². The molecule has 1 aromatic heterocycles. The van der Waals surface area contributed by atoms with Gasteiger partial charge in [0.1, 0.15) is 0 Å². The quantitative estimate of drug-likeness (QED) is 0.182. The average Bonchev–Trinajstić information content (AvgIpc) is 3.32. The van der Waals surface area contributed by atoms with Crippen molar-refractivity contribution in [1.82, 2.24) is 15.2 Å². The second kappa shape index (κ2) is 15.9. The van der Waals surface area contributed by atoms with Gasteiger partial charge < -0.3 is 15.2 Å². The Morgan fingerprint density at radius 1 is 0.707 bits per heavy atom. The lowest BCUT2D eigenvalue weighted by molar-refractivity contribution is 0.342. The molecule has 5 rings (SSSR count). The smallest absolute Gasteiger partial charge is 0.0480 e. The molecule has 0 atom stereocenters. The van der Waals surface area contributed by atoms with Crippen LogP contribution in [-0.2, 0) is 26.6 Å². The molecule has 4 aromatic rings. The van der Waals surface area contributed by atoms with Crippen molar-refractivity contribution in [2.45, 2.75) is 91.1 Å². The maximum atomic E-state index is 3.62. The number of aromatic nitrogens is 1. The summed E-state index contributed by atoms with van der Waals surface area (Å²) in [6.45, 7) is 13.1. The zero-order valence-corrected chi connectivity index (χ0v) is 26.3. The maximum Gasteiger partial charge on any atom is 0.0480 e. The Morgan fingerprint density at radius 3 is 1.85 bits per heavy atom. The Labute approximate surface area is 249 Å². The third kappa shape index (κ3) is 9.58. The van der Waals surface area contributed by atoms with Crippen LogP contribution in [0.2, 0.25) is 0 Å². The predicted molar refractivity (Wildman–Crippen MR) is 178 cm³/mol. The molecule has 1 aliphatic rings. The monoisotopic (exact) mass is 551 g/mol. The number of hydrogen-bond donors (Lipinski definition) is 2. The molecule has 3 aromatic carbocycles. The molecule has 0 amide bonds. The first-order valence-corrected chi connectivity index (χ1v) is 16.0. The topological polar surface area (TPSA) is 29.0 Å². The number of fused-ring (bicyclic) bond motifs is 1. The van der Waals surface area contributed by atoms with Gasteiger partial charge in [-0.25, -0.2) is 0 Å². The lowest BCUT2D eigenvalue weighted by Gasteiger charge is -2.21. The van der Waals surface area contributed by atoms with E-state index in [-0.39, 0.29) is 0 Å². The van der Waals surface area contributed by atoms with Crippen molar-refractivity contribution in [2.75, 3.05) is 13.1 Å². The molecule has 1 saturated carbocycles. The van der Waals surface area contributed by atoms with Crippen molar-refractivity contribution in [3.63, 3.8) is 0 Å². The Bertz CT molecular complexity index is 1290. The number of hydrogen-bond acceptors (Lipinski definition) is 2. The van der Waals surface area contributed by atoms with Crippen LogP contribution in [0.25, 0.3) is 10.9 Å². The number of nitrogens with zero attached hydrogens (tertiary/aromatic N) is 1. The molecule has 41 heavy (non-hydrogen) atoms. The summed E-state index contributed by atoms with van der Waals surface area (Å²) in [5.41, 5.74) is 8.34. The fraction of sp³-hybridized carbons (Fsp3) is 0.474. The Balaban J connectivity index is 0.000000195. The number of aryl methyl sites for hydroxylation is 1. The van der Waals surface area contributed by atoms with Crippen LogP contribution in [0.15, 0.2) is 79.0 Å². The molecule has 2 N–H and O–H groups in total. The molecule has 0 bridgehead atoms. The summed E-state index contributed by atoms with van der Waals surface area (Å²) in [6.07, 6.45) is 10.5. The number of benzene rings is 3. The summed E-state index contributed by atoms with van der Waals surface area (Å²) >= 11 is 0. The predicted octanol–water partition coefficient (Wildman–Crippen LogP) is 9.11. The first-order chi connectivity index (χ1) is 19.9. The maximum absolute atomic E-state index is 3.62. The van der Waals surface area contributed by atoms with Crippen molar-refractivity contribution >= 4 is 10.9 Å². The molecule has 3 nitrogen and oxygen atoms in total. The number of para-hydroxylation sites is 1. The molecule has 0 radical (unpaired) electrons. The molecule has 0 unspecified atom stereocenters. The van der Waals surface area contributed by atoms with Gasteiger partial charge >= 0.3 is 0 Å². The van der Waals surface area contributed by atoms with Crippen molar-refractivity contribution in [3.8, 4) is 0 Å². The van der Waals surface area contributed by atoms with E-state index in [0.717, 1.165) is 32.0 Å². The molecule has 0 spiro atoms. The molecular formula is C38H53N3. The number of rotatable bonds is 11. The summed E-state index contributed by atoms with van der Waals surface area (Å²) in [5, 5.41) is 8.56. The lowest BCUT2D eigenvalue weighted by Crippen LogP contribution is -2.24. The highest BCUT2D eigenvalue weighted by atomic mass is 14.9. The van der Waals surface area contributed by atoms with Gasteiger partial charge in [-0.05, 0) is 84.0 Å². The van der Waals surface area contributed by atoms with Crippen LogP contribution in [0.1, 0.15) is 99.5 Å². The highest BCUT2D eigenvalue weighted by Crippen LogP contribution is 2.23. The van der Waals surface area contributed by atoms with E-state index in [9.17, 15) is 0 Å². The summed E-state index contributed by atoms with van der Waals surface area (Å²) in [7, 11) is 2.12. The fourth-order valence-electron chi connectivity index (χ4n) is 5.93. The zero-order valence-electron chi connectivity index (χ0n) is 26.3. The Morgan fingerprint density at radius 2 is 1.27 bits per heavy atom. The SMILES string of the molecule is CC(C)c1ccc(CNCC2CCCCC2)cc1.CC(C)c1ccc(CNCCc2cn(C)c3ccccc23)cc1. The average molecular weight is 552 g/mol. The fourth-order valence-corrected chi connectivity index (χ4v) is 5.93. The van der Waals surface area contributed by atoms with Crippen molar-refractivity contribution < 1.29 is 0 Å². The normalized spacial score (nSPS) is 14.0. The van der Waals surface area contributed by atoms with Gasteiger partial charge in [-0.3, -0.25) is 0 Å². The van der Waals surface area contributed by atoms with E-state index in [1.54, 1.807) is 0 Å². The minimum Gasteiger partial charge on any atom is -0.350 e. The van der Waals surface area contributed by atoms with E-state index >= 15 is 0 Å². The molecule has 3 heteroatoms. The molecular weight excluding hydrogens is 498 g/mol. The van der Waals surface area contributed by atoms with E-state index in [1.807, 2.05) is 0 Å². The van der Waals surface area contributed by atoms with Gasteiger partial charge in [-0.1, -0.05) is 114 Å². The van der Waals surface area contributed by atoms with Gasteiger partial charge in [0, 0.05) is 37.2 Å². The third-order valence-electron chi connectivity index (χ3n) is 8.66. The second-order valence-electron chi connectivity index (χ2n) is 12.6. The Kier molecular flexibility index (Phi) is 12.1. The van der Waals surface area contributed by atoms with E-state index in [0.29, 0.717) is 11.8 Å². The molecule has 0 saturated heterocycles. The van der Waals surface area contributed by atoms with Crippen LogP contribution in [-0.4, -0.2) is 17.7 Å². The van der Waals surface area contributed by atoms with Crippen LogP contribution in [0.4, 0.5) is 0 Å². The van der Waals surface area contributed by atoms with Crippen LogP contribution < -0.4 is 10.6 Å². The van der Waals surface area contributed by atoms with Crippen molar-refractivity contribution in [2.24, 2.45) is 13.0 Å². The van der Waals surface area contributed by atoms with E-state index in [1.165, 1.54) is 77.4 Å². The zero-order chi connectivity index (χ0) is 29.0. The summed E-state index contributed by atoms with van der Waals surface area (Å²) < 4.78 is 2.22. The van der Waals surface area contributed by atoms with Gasteiger partial charge in [0.25, 0.3) is 0 Å². The molecule has 1 heterocycles. The van der Waals surface area contributed by atoms with Crippen LogP contribution in [0, 0.1) is 5.92 Å². The van der Waals surface area contributed by atoms with Gasteiger partial charge in [-0.15, -0.1) is 0 Å². The van der Waals surface area contributed by atoms with Gasteiger partial charge in [0.2, 0.25) is 0 Å². The minimum absolute atomic E-state index is 0.600. The molecule has 220 valence electrons. The minimum atomic E-state index is 0.600. The molecule has 0 aliphatic heterocycles. The van der Waals surface area contributed by atoms with Crippen LogP contribution in [0.3, 0.4) is 0 Å². The van der Waals surface area contributed by atoms with Crippen molar-refractivity contribution in [3.05, 3.63) is 107 Å². The lowest BCUT2D eigenvalue weighted by atomic mass is 9.89. The highest BCUT2D eigenvalue weighted by molar-refractivity contribution is 5.83. The first-order valence-electron chi connectivity index (χ1n) is 16.0. The standard InChI is InChI=1S/C21H26N2.C17H27N/c1-16(2)18-10-8-17(9-11-18)14-22-13-12-19-15-23(3)21-7-5-4-6-20(19)21;1-14(2)17-10-8-16(9-11-17)13-18-12-15-6-4-3-5-7-15/h4-11,15-16,22H,12-14H2,1-3H3;8-11,14-15,18H,3-7,12-13H2,1-2H3. The largest absolute Gasteiger partial charge is 0.350 e. The summed E-state index contributed by atoms with van der Waals surface area (Å²) in [6, 6.07) is 26.6. The first kappa shape index (κ1) is 31.1. The molecule has 1 aliphatic carbocycles. The van der Waals surface area contributed by atoms with E-state index in [4.69, 9.17) is 0 Å². The molecule has 1 fully saturated rings. The Hall–Kier alpha value is -2.88.